The van der Waals surface area contributed by atoms with Crippen molar-refractivity contribution >= 4 is 51.9 Å². The quantitative estimate of drug-likeness (QED) is 0.258. The fraction of sp³-hybridized carbons (Fsp3) is 0.158. The second-order valence-corrected chi connectivity index (χ2v) is 7.63. The van der Waals surface area contributed by atoms with E-state index in [9.17, 15) is 9.18 Å². The third-order valence-electron chi connectivity index (χ3n) is 3.64. The van der Waals surface area contributed by atoms with Crippen LogP contribution < -0.4 is 9.47 Å². The molecular formula is C19H15ClFN3O3S2. The van der Waals surface area contributed by atoms with E-state index >= 15 is 0 Å². The summed E-state index contributed by atoms with van der Waals surface area (Å²) in [5, 5.41) is -0.141. The highest BCUT2D eigenvalue weighted by molar-refractivity contribution is 8.26. The monoisotopic (exact) mass is 451 g/mol. The van der Waals surface area contributed by atoms with Gasteiger partial charge in [-0.25, -0.2) is 4.98 Å². The lowest BCUT2D eigenvalue weighted by atomic mass is 10.2. The van der Waals surface area contributed by atoms with Crippen LogP contribution in [0.1, 0.15) is 12.5 Å². The molecule has 0 saturated carbocycles. The van der Waals surface area contributed by atoms with E-state index in [2.05, 4.69) is 16.5 Å². The number of rotatable bonds is 7. The van der Waals surface area contributed by atoms with Gasteiger partial charge in [0.15, 0.2) is 11.5 Å². The molecule has 1 aliphatic heterocycles. The van der Waals surface area contributed by atoms with Crippen molar-refractivity contribution in [1.82, 2.24) is 14.9 Å². The Bertz CT molecular complexity index is 1020. The van der Waals surface area contributed by atoms with Crippen LogP contribution in [-0.4, -0.2) is 38.2 Å². The van der Waals surface area contributed by atoms with Crippen molar-refractivity contribution in [2.75, 3.05) is 13.2 Å². The summed E-state index contributed by atoms with van der Waals surface area (Å²) in [7, 11) is 0. The Morgan fingerprint density at radius 3 is 2.93 bits per heavy atom. The zero-order valence-electron chi connectivity index (χ0n) is 15.2. The molecule has 0 N–H and O–H groups in total. The number of ether oxygens (including phenoxy) is 2. The topological polar surface area (TPSA) is 64.6 Å². The summed E-state index contributed by atoms with van der Waals surface area (Å²) in [6.45, 7) is 6.15. The molecule has 1 amide bonds. The highest BCUT2D eigenvalue weighted by Gasteiger charge is 2.31. The number of benzene rings is 1. The van der Waals surface area contributed by atoms with Crippen LogP contribution >= 0.6 is 35.6 Å². The van der Waals surface area contributed by atoms with Gasteiger partial charge in [0.25, 0.3) is 11.8 Å². The van der Waals surface area contributed by atoms with Gasteiger partial charge < -0.3 is 9.47 Å². The Kier molecular flexibility index (Phi) is 6.83. The largest absolute Gasteiger partial charge is 0.490 e. The summed E-state index contributed by atoms with van der Waals surface area (Å²) in [5.41, 5.74) is 0.695. The third kappa shape index (κ3) is 4.92. The van der Waals surface area contributed by atoms with Crippen molar-refractivity contribution < 1.29 is 18.7 Å². The Hall–Kier alpha value is -2.49. The molecule has 0 spiro atoms. The van der Waals surface area contributed by atoms with Crippen LogP contribution in [0.3, 0.4) is 0 Å². The second-order valence-electron chi connectivity index (χ2n) is 5.61. The number of hydrogen-bond acceptors (Lipinski definition) is 7. The van der Waals surface area contributed by atoms with E-state index in [1.54, 1.807) is 37.3 Å². The van der Waals surface area contributed by atoms with Crippen molar-refractivity contribution in [3.8, 4) is 17.4 Å². The van der Waals surface area contributed by atoms with E-state index in [0.29, 0.717) is 33.7 Å². The van der Waals surface area contributed by atoms with Crippen LogP contribution in [0.2, 0.25) is 5.28 Å². The van der Waals surface area contributed by atoms with Gasteiger partial charge in [0, 0.05) is 6.54 Å². The SMILES string of the molecule is C=CCN1C(=O)/C(=C/c2ccc(Oc3nc(Cl)ncc3F)c(OCC)c2)SC1=S. The molecule has 29 heavy (non-hydrogen) atoms. The first-order valence-corrected chi connectivity index (χ1v) is 10.0. The zero-order chi connectivity index (χ0) is 21.0. The van der Waals surface area contributed by atoms with Crippen molar-refractivity contribution in [3.05, 3.63) is 58.6 Å². The van der Waals surface area contributed by atoms with E-state index < -0.39 is 5.82 Å². The Balaban J connectivity index is 1.90. The molecule has 6 nitrogen and oxygen atoms in total. The summed E-state index contributed by atoms with van der Waals surface area (Å²) in [6, 6.07) is 4.98. The maximum absolute atomic E-state index is 13.9. The molecular weight excluding hydrogens is 437 g/mol. The molecule has 150 valence electrons. The molecule has 3 rings (SSSR count). The summed E-state index contributed by atoms with van der Waals surface area (Å²) < 4.78 is 25.5. The number of carbonyl (C=O) groups excluding carboxylic acids is 1. The van der Waals surface area contributed by atoms with Gasteiger partial charge in [-0.05, 0) is 42.3 Å². The molecule has 1 saturated heterocycles. The van der Waals surface area contributed by atoms with Crippen molar-refractivity contribution in [3.63, 3.8) is 0 Å². The van der Waals surface area contributed by atoms with E-state index in [1.165, 1.54) is 16.7 Å². The first-order chi connectivity index (χ1) is 13.9. The number of thiocarbonyl (C=S) groups is 1. The number of carbonyl (C=O) groups is 1. The van der Waals surface area contributed by atoms with E-state index in [4.69, 9.17) is 33.3 Å². The van der Waals surface area contributed by atoms with Gasteiger partial charge in [0.1, 0.15) is 4.32 Å². The summed E-state index contributed by atoms with van der Waals surface area (Å²) >= 11 is 12.2. The first kappa shape index (κ1) is 21.2. The molecule has 0 aliphatic carbocycles. The second kappa shape index (κ2) is 9.34. The van der Waals surface area contributed by atoms with Crippen LogP contribution in [0.15, 0.2) is 42.0 Å². The first-order valence-electron chi connectivity index (χ1n) is 8.42. The predicted molar refractivity (Wildman–Crippen MR) is 115 cm³/mol. The fourth-order valence-electron chi connectivity index (χ4n) is 2.41. The lowest BCUT2D eigenvalue weighted by Gasteiger charge is -2.12. The third-order valence-corrected chi connectivity index (χ3v) is 5.20. The van der Waals surface area contributed by atoms with Gasteiger partial charge in [0.2, 0.25) is 11.1 Å². The number of amides is 1. The van der Waals surface area contributed by atoms with Crippen LogP contribution in [0.5, 0.6) is 17.4 Å². The lowest BCUT2D eigenvalue weighted by Crippen LogP contribution is -2.27. The maximum atomic E-state index is 13.9. The smallest absolute Gasteiger partial charge is 0.266 e. The average molecular weight is 452 g/mol. The van der Waals surface area contributed by atoms with Gasteiger partial charge >= 0.3 is 0 Å². The number of aromatic nitrogens is 2. The molecule has 0 atom stereocenters. The van der Waals surface area contributed by atoms with Gasteiger partial charge in [-0.2, -0.15) is 9.37 Å². The molecule has 0 radical (unpaired) electrons. The van der Waals surface area contributed by atoms with Gasteiger partial charge in [-0.15, -0.1) is 6.58 Å². The highest BCUT2D eigenvalue weighted by Crippen LogP contribution is 2.36. The van der Waals surface area contributed by atoms with Crippen LogP contribution in [0.25, 0.3) is 6.08 Å². The van der Waals surface area contributed by atoms with Gasteiger partial charge in [-0.1, -0.05) is 36.1 Å². The highest BCUT2D eigenvalue weighted by atomic mass is 35.5. The Labute approximate surface area is 181 Å². The van der Waals surface area contributed by atoms with Crippen LogP contribution in [0.4, 0.5) is 4.39 Å². The maximum Gasteiger partial charge on any atom is 0.266 e. The van der Waals surface area contributed by atoms with Crippen LogP contribution in [0, 0.1) is 5.82 Å². The number of thioether (sulfide) groups is 1. The average Bonchev–Trinajstić information content (AvgIpc) is 2.94. The molecule has 1 aromatic heterocycles. The lowest BCUT2D eigenvalue weighted by molar-refractivity contribution is -0.121. The minimum atomic E-state index is -0.758. The summed E-state index contributed by atoms with van der Waals surface area (Å²) in [4.78, 5) is 21.7. The summed E-state index contributed by atoms with van der Waals surface area (Å²) in [5.74, 6) is -0.652. The minimum Gasteiger partial charge on any atom is -0.490 e. The molecule has 1 fully saturated rings. The predicted octanol–water partition coefficient (Wildman–Crippen LogP) is 4.85. The standard InChI is InChI=1S/C19H15ClFN3O3S2/c1-3-7-24-17(25)15(29-19(24)28)9-11-5-6-13(14(8-11)26-4-2)27-16-12(21)10-22-18(20)23-16/h3,5-6,8-10H,1,4,7H2,2H3/b15-9-. The Morgan fingerprint density at radius 2 is 2.21 bits per heavy atom. The summed E-state index contributed by atoms with van der Waals surface area (Å²) in [6.07, 6.45) is 4.24. The van der Waals surface area contributed by atoms with Crippen molar-refractivity contribution in [2.24, 2.45) is 0 Å². The zero-order valence-corrected chi connectivity index (χ0v) is 17.6. The number of halogens is 2. The van der Waals surface area contributed by atoms with Crippen molar-refractivity contribution in [2.45, 2.75) is 6.92 Å². The van der Waals surface area contributed by atoms with E-state index in [-0.39, 0.29) is 22.8 Å². The fourth-order valence-corrected chi connectivity index (χ4v) is 3.81. The molecule has 0 unspecified atom stereocenters. The normalized spacial score (nSPS) is 15.1. The van der Waals surface area contributed by atoms with Gasteiger partial charge in [0.05, 0.1) is 17.7 Å². The molecule has 2 heterocycles. The Morgan fingerprint density at radius 1 is 1.41 bits per heavy atom. The molecule has 1 aromatic carbocycles. The van der Waals surface area contributed by atoms with Crippen LogP contribution in [-0.2, 0) is 4.79 Å². The van der Waals surface area contributed by atoms with Gasteiger partial charge in [-0.3, -0.25) is 9.69 Å². The molecule has 1 aliphatic rings. The van der Waals surface area contributed by atoms with E-state index in [1.807, 2.05) is 0 Å². The van der Waals surface area contributed by atoms with E-state index in [0.717, 1.165) is 6.20 Å². The molecule has 10 heteroatoms. The number of hydrogen-bond donors (Lipinski definition) is 0. The number of nitrogens with zero attached hydrogens (tertiary/aromatic N) is 3. The molecule has 2 aromatic rings. The van der Waals surface area contributed by atoms with Crippen molar-refractivity contribution in [1.29, 1.82) is 0 Å². The molecule has 0 bridgehead atoms. The minimum absolute atomic E-state index is 0.141.